The Labute approximate surface area is 124 Å². The molecule has 21 heavy (non-hydrogen) atoms. The van der Waals surface area contributed by atoms with Gasteiger partial charge in [-0.05, 0) is 31.2 Å². The van der Waals surface area contributed by atoms with Crippen LogP contribution in [0.3, 0.4) is 0 Å². The summed E-state index contributed by atoms with van der Waals surface area (Å²) >= 11 is 0. The summed E-state index contributed by atoms with van der Waals surface area (Å²) in [6.07, 6.45) is 6.45. The van der Waals surface area contributed by atoms with Crippen molar-refractivity contribution in [2.45, 2.75) is 6.92 Å². The van der Waals surface area contributed by atoms with Gasteiger partial charge in [0.15, 0.2) is 0 Å². The molecule has 2 aromatic carbocycles. The van der Waals surface area contributed by atoms with E-state index in [1.54, 1.807) is 0 Å². The zero-order valence-corrected chi connectivity index (χ0v) is 12.0. The van der Waals surface area contributed by atoms with E-state index >= 15 is 0 Å². The normalized spacial score (nSPS) is 16.0. The van der Waals surface area contributed by atoms with Crippen LogP contribution in [0, 0.1) is 6.92 Å². The fourth-order valence-electron chi connectivity index (χ4n) is 2.92. The highest BCUT2D eigenvalue weighted by Crippen LogP contribution is 2.38. The van der Waals surface area contributed by atoms with Crippen molar-refractivity contribution in [3.63, 3.8) is 0 Å². The lowest BCUT2D eigenvalue weighted by atomic mass is 9.99. The number of hydrogen-bond donors (Lipinski definition) is 0. The van der Waals surface area contributed by atoms with Crippen molar-refractivity contribution in [1.29, 1.82) is 0 Å². The van der Waals surface area contributed by atoms with Gasteiger partial charge in [0.2, 0.25) is 0 Å². The molecule has 0 bridgehead atoms. The number of aliphatic imine (C=N–C) groups is 1. The molecular formula is C19H16N2. The fourth-order valence-corrected chi connectivity index (χ4v) is 2.92. The van der Waals surface area contributed by atoms with Crippen molar-refractivity contribution >= 4 is 17.1 Å². The van der Waals surface area contributed by atoms with Gasteiger partial charge >= 0.3 is 0 Å². The van der Waals surface area contributed by atoms with E-state index in [4.69, 9.17) is 4.99 Å². The zero-order chi connectivity index (χ0) is 14.2. The van der Waals surface area contributed by atoms with E-state index in [1.165, 1.54) is 22.5 Å². The lowest BCUT2D eigenvalue weighted by Gasteiger charge is -2.33. The van der Waals surface area contributed by atoms with E-state index in [1.807, 2.05) is 6.07 Å². The molecule has 4 rings (SSSR count). The Kier molecular flexibility index (Phi) is 2.74. The first-order chi connectivity index (χ1) is 10.3. The number of allylic oxidation sites excluding steroid dienone is 3. The van der Waals surface area contributed by atoms with Crippen LogP contribution in [0.5, 0.6) is 0 Å². The minimum absolute atomic E-state index is 0.897. The summed E-state index contributed by atoms with van der Waals surface area (Å²) in [5.41, 5.74) is 6.90. The highest BCUT2D eigenvalue weighted by Gasteiger charge is 2.25. The minimum Gasteiger partial charge on any atom is -0.334 e. The molecule has 2 nitrogen and oxygen atoms in total. The van der Waals surface area contributed by atoms with Gasteiger partial charge in [-0.15, -0.1) is 0 Å². The number of hydrogen-bond acceptors (Lipinski definition) is 2. The maximum absolute atomic E-state index is 4.91. The average molecular weight is 272 g/mol. The first-order valence-electron chi connectivity index (χ1n) is 7.22. The molecule has 2 heterocycles. The van der Waals surface area contributed by atoms with E-state index in [9.17, 15) is 0 Å². The number of nitrogens with zero attached hydrogens (tertiary/aromatic N) is 2. The van der Waals surface area contributed by atoms with E-state index in [0.29, 0.717) is 0 Å². The molecule has 2 aliphatic heterocycles. The molecule has 102 valence electrons. The first kappa shape index (κ1) is 12.2. The van der Waals surface area contributed by atoms with Crippen LogP contribution >= 0.6 is 0 Å². The van der Waals surface area contributed by atoms with Crippen LogP contribution in [-0.2, 0) is 0 Å². The molecule has 0 saturated carbocycles. The van der Waals surface area contributed by atoms with Crippen LogP contribution in [0.15, 0.2) is 77.4 Å². The van der Waals surface area contributed by atoms with Gasteiger partial charge in [0.05, 0.1) is 22.8 Å². The maximum Gasteiger partial charge on any atom is 0.0947 e. The van der Waals surface area contributed by atoms with Crippen molar-refractivity contribution in [1.82, 2.24) is 0 Å². The lowest BCUT2D eigenvalue weighted by Crippen LogP contribution is -2.32. The third kappa shape index (κ3) is 2.00. The Morgan fingerprint density at radius 3 is 2.86 bits per heavy atom. The van der Waals surface area contributed by atoms with Gasteiger partial charge in [-0.2, -0.15) is 0 Å². The zero-order valence-electron chi connectivity index (χ0n) is 12.0. The lowest BCUT2D eigenvalue weighted by molar-refractivity contribution is 1.02. The highest BCUT2D eigenvalue weighted by molar-refractivity contribution is 6.18. The Morgan fingerprint density at radius 2 is 1.95 bits per heavy atom. The van der Waals surface area contributed by atoms with Crippen LogP contribution < -0.4 is 4.90 Å². The van der Waals surface area contributed by atoms with Gasteiger partial charge in [-0.3, -0.25) is 0 Å². The standard InChI is InChI=1S/C19H16N2/c1-14-7-6-8-15(13-14)19-18-11-4-5-12-21(18)17-10-3-2-9-16(17)20-19/h2-11,13H,12H2,1H3. The van der Waals surface area contributed by atoms with Crippen molar-refractivity contribution in [2.24, 2.45) is 4.99 Å². The van der Waals surface area contributed by atoms with Gasteiger partial charge in [-0.1, -0.05) is 48.0 Å². The van der Waals surface area contributed by atoms with Crippen LogP contribution in [0.25, 0.3) is 0 Å². The minimum atomic E-state index is 0.897. The van der Waals surface area contributed by atoms with Gasteiger partial charge in [-0.25, -0.2) is 4.99 Å². The molecule has 0 atom stereocenters. The van der Waals surface area contributed by atoms with Gasteiger partial charge < -0.3 is 4.90 Å². The summed E-state index contributed by atoms with van der Waals surface area (Å²) < 4.78 is 0. The molecule has 2 aliphatic rings. The number of para-hydroxylation sites is 2. The number of anilines is 1. The SMILES string of the molecule is Cc1cccc(C2=Nc3ccccc3N3CC=CC=C23)c1. The quantitative estimate of drug-likeness (QED) is 0.751. The fraction of sp³-hybridized carbons (Fsp3) is 0.105. The molecule has 0 spiro atoms. The summed E-state index contributed by atoms with van der Waals surface area (Å²) in [6, 6.07) is 16.9. The van der Waals surface area contributed by atoms with Gasteiger partial charge in [0.25, 0.3) is 0 Å². The van der Waals surface area contributed by atoms with E-state index in [0.717, 1.165) is 17.9 Å². The van der Waals surface area contributed by atoms with Crippen molar-refractivity contribution in [3.05, 3.63) is 83.6 Å². The number of benzene rings is 2. The predicted molar refractivity (Wildman–Crippen MR) is 88.4 cm³/mol. The summed E-state index contributed by atoms with van der Waals surface area (Å²) in [5.74, 6) is 0. The predicted octanol–water partition coefficient (Wildman–Crippen LogP) is 4.39. The van der Waals surface area contributed by atoms with Crippen molar-refractivity contribution in [3.8, 4) is 0 Å². The Hall–Kier alpha value is -2.61. The third-order valence-corrected chi connectivity index (χ3v) is 3.91. The molecular weight excluding hydrogens is 256 g/mol. The largest absolute Gasteiger partial charge is 0.334 e. The Bertz CT molecular complexity index is 797. The smallest absolute Gasteiger partial charge is 0.0947 e. The molecule has 2 heteroatoms. The maximum atomic E-state index is 4.91. The number of aryl methyl sites for hydroxylation is 1. The first-order valence-corrected chi connectivity index (χ1v) is 7.22. The van der Waals surface area contributed by atoms with E-state index in [-0.39, 0.29) is 0 Å². The van der Waals surface area contributed by atoms with Gasteiger partial charge in [0.1, 0.15) is 0 Å². The second-order valence-electron chi connectivity index (χ2n) is 5.41. The number of fused-ring (bicyclic) bond motifs is 3. The summed E-state index contributed by atoms with van der Waals surface area (Å²) in [5, 5.41) is 0. The summed E-state index contributed by atoms with van der Waals surface area (Å²) in [4.78, 5) is 7.25. The van der Waals surface area contributed by atoms with Crippen LogP contribution in [0.2, 0.25) is 0 Å². The monoisotopic (exact) mass is 272 g/mol. The average Bonchev–Trinajstić information content (AvgIpc) is 2.54. The molecule has 2 aromatic rings. The van der Waals surface area contributed by atoms with Crippen LogP contribution in [-0.4, -0.2) is 12.3 Å². The Morgan fingerprint density at radius 1 is 1.05 bits per heavy atom. The second kappa shape index (κ2) is 4.74. The van der Waals surface area contributed by atoms with Crippen molar-refractivity contribution in [2.75, 3.05) is 11.4 Å². The van der Waals surface area contributed by atoms with Crippen LogP contribution in [0.1, 0.15) is 11.1 Å². The topological polar surface area (TPSA) is 15.6 Å². The van der Waals surface area contributed by atoms with E-state index < -0.39 is 0 Å². The molecule has 0 radical (unpaired) electrons. The molecule has 0 aliphatic carbocycles. The third-order valence-electron chi connectivity index (χ3n) is 3.91. The second-order valence-corrected chi connectivity index (χ2v) is 5.41. The molecule has 0 amide bonds. The molecule has 0 fully saturated rings. The van der Waals surface area contributed by atoms with E-state index in [2.05, 4.69) is 72.5 Å². The van der Waals surface area contributed by atoms with Crippen molar-refractivity contribution < 1.29 is 0 Å². The number of rotatable bonds is 1. The molecule has 0 saturated heterocycles. The summed E-state index contributed by atoms with van der Waals surface area (Å²) in [7, 11) is 0. The highest BCUT2D eigenvalue weighted by atomic mass is 15.2. The summed E-state index contributed by atoms with van der Waals surface area (Å²) in [6.45, 7) is 3.02. The molecule has 0 aromatic heterocycles. The Balaban J connectivity index is 1.95. The molecule has 0 N–H and O–H groups in total. The molecule has 0 unspecified atom stereocenters. The van der Waals surface area contributed by atoms with Gasteiger partial charge in [0, 0.05) is 12.1 Å². The van der Waals surface area contributed by atoms with Crippen LogP contribution in [0.4, 0.5) is 11.4 Å².